The maximum absolute atomic E-state index is 9.28. The van der Waals surface area contributed by atoms with E-state index in [1.165, 1.54) is 9.75 Å². The van der Waals surface area contributed by atoms with Crippen molar-refractivity contribution in [3.05, 3.63) is 20.3 Å². The number of aliphatic hydroxyl groups is 1. The summed E-state index contributed by atoms with van der Waals surface area (Å²) >= 11 is 5.12. The molecule has 0 aliphatic carbocycles. The van der Waals surface area contributed by atoms with E-state index < -0.39 is 6.10 Å². The van der Waals surface area contributed by atoms with Gasteiger partial charge in [-0.05, 0) is 28.9 Å². The van der Waals surface area contributed by atoms with Crippen molar-refractivity contribution in [2.24, 2.45) is 5.73 Å². The third-order valence-electron chi connectivity index (χ3n) is 1.62. The van der Waals surface area contributed by atoms with E-state index in [1.54, 1.807) is 11.3 Å². The fraction of sp³-hybridized carbons (Fsp3) is 0.500. The monoisotopic (exact) mass is 249 g/mol. The summed E-state index contributed by atoms with van der Waals surface area (Å²) in [6.45, 7) is 2.38. The van der Waals surface area contributed by atoms with Crippen molar-refractivity contribution in [1.82, 2.24) is 0 Å². The number of thiophene rings is 1. The van der Waals surface area contributed by atoms with Crippen molar-refractivity contribution >= 4 is 27.3 Å². The van der Waals surface area contributed by atoms with Gasteiger partial charge in [0, 0.05) is 27.2 Å². The molecular formula is C8H12BrNOS. The molecule has 0 radical (unpaired) electrons. The molecule has 1 aromatic rings. The van der Waals surface area contributed by atoms with Crippen LogP contribution >= 0.6 is 27.3 Å². The van der Waals surface area contributed by atoms with Gasteiger partial charge >= 0.3 is 0 Å². The molecule has 0 saturated heterocycles. The van der Waals surface area contributed by atoms with Crippen molar-refractivity contribution in [2.45, 2.75) is 19.4 Å². The standard InChI is InChI=1S/C8H12BrNOS/c1-5-8(9)3-7(12-5)2-6(11)4-10/h3,6,11H,2,4,10H2,1H3. The van der Waals surface area contributed by atoms with Gasteiger partial charge in [-0.1, -0.05) is 0 Å². The van der Waals surface area contributed by atoms with Crippen LogP contribution in [-0.2, 0) is 6.42 Å². The minimum absolute atomic E-state index is 0.328. The second kappa shape index (κ2) is 4.37. The molecule has 1 atom stereocenters. The molecule has 0 saturated carbocycles. The predicted octanol–water partition coefficient (Wildman–Crippen LogP) is 1.68. The summed E-state index contributed by atoms with van der Waals surface area (Å²) in [7, 11) is 0. The highest BCUT2D eigenvalue weighted by Crippen LogP contribution is 2.26. The molecule has 0 spiro atoms. The smallest absolute Gasteiger partial charge is 0.0710 e. The lowest BCUT2D eigenvalue weighted by atomic mass is 10.2. The summed E-state index contributed by atoms with van der Waals surface area (Å²) < 4.78 is 1.12. The van der Waals surface area contributed by atoms with E-state index in [9.17, 15) is 5.11 Å². The lowest BCUT2D eigenvalue weighted by molar-refractivity contribution is 0.184. The van der Waals surface area contributed by atoms with Gasteiger partial charge in [0.25, 0.3) is 0 Å². The summed E-state index contributed by atoms with van der Waals surface area (Å²) in [4.78, 5) is 2.42. The molecular weight excluding hydrogens is 238 g/mol. The number of aliphatic hydroxyl groups excluding tert-OH is 1. The quantitative estimate of drug-likeness (QED) is 0.857. The Bertz CT molecular complexity index is 242. The minimum Gasteiger partial charge on any atom is -0.391 e. The van der Waals surface area contributed by atoms with Crippen molar-refractivity contribution in [2.75, 3.05) is 6.54 Å². The van der Waals surface area contributed by atoms with Crippen LogP contribution in [0.4, 0.5) is 0 Å². The molecule has 0 aromatic carbocycles. The summed E-state index contributed by atoms with van der Waals surface area (Å²) in [5.74, 6) is 0. The van der Waals surface area contributed by atoms with Crippen LogP contribution in [0.2, 0.25) is 0 Å². The van der Waals surface area contributed by atoms with Crippen LogP contribution in [0.5, 0.6) is 0 Å². The lowest BCUT2D eigenvalue weighted by Crippen LogP contribution is -2.21. The van der Waals surface area contributed by atoms with Gasteiger partial charge in [-0.2, -0.15) is 0 Å². The van der Waals surface area contributed by atoms with E-state index in [0.717, 1.165) is 4.47 Å². The molecule has 0 fully saturated rings. The first kappa shape index (κ1) is 10.2. The van der Waals surface area contributed by atoms with Crippen molar-refractivity contribution in [3.8, 4) is 0 Å². The molecule has 2 nitrogen and oxygen atoms in total. The second-order valence-corrected chi connectivity index (χ2v) is 4.91. The molecule has 4 heteroatoms. The van der Waals surface area contributed by atoms with Crippen LogP contribution in [0.3, 0.4) is 0 Å². The number of nitrogens with two attached hydrogens (primary N) is 1. The summed E-state index contributed by atoms with van der Waals surface area (Å²) in [5, 5.41) is 9.28. The SMILES string of the molecule is Cc1sc(CC(O)CN)cc1Br. The number of rotatable bonds is 3. The normalized spacial score (nSPS) is 13.3. The maximum atomic E-state index is 9.28. The van der Waals surface area contributed by atoms with Gasteiger partial charge < -0.3 is 10.8 Å². The zero-order valence-corrected chi connectivity index (χ0v) is 9.28. The van der Waals surface area contributed by atoms with Crippen LogP contribution in [0.15, 0.2) is 10.5 Å². The Kier molecular flexibility index (Phi) is 3.71. The van der Waals surface area contributed by atoms with Gasteiger partial charge in [-0.3, -0.25) is 0 Å². The van der Waals surface area contributed by atoms with Gasteiger partial charge in [0.1, 0.15) is 0 Å². The van der Waals surface area contributed by atoms with E-state index >= 15 is 0 Å². The molecule has 12 heavy (non-hydrogen) atoms. The first-order valence-electron chi connectivity index (χ1n) is 3.76. The Morgan fingerprint density at radius 2 is 2.42 bits per heavy atom. The van der Waals surface area contributed by atoms with Crippen LogP contribution in [0.1, 0.15) is 9.75 Å². The van der Waals surface area contributed by atoms with E-state index in [2.05, 4.69) is 15.9 Å². The number of halogens is 1. The first-order chi connectivity index (χ1) is 5.63. The van der Waals surface area contributed by atoms with Gasteiger partial charge in [0.2, 0.25) is 0 Å². The molecule has 3 N–H and O–H groups in total. The van der Waals surface area contributed by atoms with E-state index in [-0.39, 0.29) is 0 Å². The summed E-state index contributed by atoms with van der Waals surface area (Å²) in [6.07, 6.45) is 0.253. The highest BCUT2D eigenvalue weighted by molar-refractivity contribution is 9.10. The van der Waals surface area contributed by atoms with Crippen LogP contribution < -0.4 is 5.73 Å². The minimum atomic E-state index is -0.407. The Morgan fingerprint density at radius 3 is 2.83 bits per heavy atom. The molecule has 0 bridgehead atoms. The average molecular weight is 250 g/mol. The van der Waals surface area contributed by atoms with Crippen LogP contribution in [-0.4, -0.2) is 17.8 Å². The topological polar surface area (TPSA) is 46.2 Å². The van der Waals surface area contributed by atoms with E-state index in [0.29, 0.717) is 13.0 Å². The van der Waals surface area contributed by atoms with Crippen LogP contribution in [0, 0.1) is 6.92 Å². The molecule has 68 valence electrons. The van der Waals surface area contributed by atoms with E-state index in [1.807, 2.05) is 13.0 Å². The Labute approximate surface area is 84.5 Å². The van der Waals surface area contributed by atoms with E-state index in [4.69, 9.17) is 5.73 Å². The zero-order chi connectivity index (χ0) is 9.14. The number of hydrogen-bond acceptors (Lipinski definition) is 3. The molecule has 1 heterocycles. The Hall–Kier alpha value is 0.100. The number of aryl methyl sites for hydroxylation is 1. The third kappa shape index (κ3) is 2.55. The van der Waals surface area contributed by atoms with Gasteiger partial charge in [0.05, 0.1) is 6.10 Å². The fourth-order valence-corrected chi connectivity index (χ4v) is 2.61. The molecule has 1 aromatic heterocycles. The molecule has 1 unspecified atom stereocenters. The first-order valence-corrected chi connectivity index (χ1v) is 5.37. The highest BCUT2D eigenvalue weighted by Gasteiger charge is 2.07. The molecule has 1 rings (SSSR count). The lowest BCUT2D eigenvalue weighted by Gasteiger charge is -2.03. The maximum Gasteiger partial charge on any atom is 0.0710 e. The summed E-state index contributed by atoms with van der Waals surface area (Å²) in [6, 6.07) is 2.04. The molecule has 0 aliphatic rings. The third-order valence-corrected chi connectivity index (χ3v) is 3.78. The van der Waals surface area contributed by atoms with Crippen molar-refractivity contribution < 1.29 is 5.11 Å². The van der Waals surface area contributed by atoms with Crippen molar-refractivity contribution in [3.63, 3.8) is 0 Å². The molecule has 0 aliphatic heterocycles. The fourth-order valence-electron chi connectivity index (χ4n) is 0.934. The zero-order valence-electron chi connectivity index (χ0n) is 6.88. The highest BCUT2D eigenvalue weighted by atomic mass is 79.9. The Morgan fingerprint density at radius 1 is 1.75 bits per heavy atom. The largest absolute Gasteiger partial charge is 0.391 e. The van der Waals surface area contributed by atoms with Crippen molar-refractivity contribution in [1.29, 1.82) is 0 Å². The summed E-state index contributed by atoms with van der Waals surface area (Å²) in [5.41, 5.74) is 5.31. The van der Waals surface area contributed by atoms with Gasteiger partial charge in [-0.15, -0.1) is 11.3 Å². The Balaban J connectivity index is 2.64. The average Bonchev–Trinajstić information content (AvgIpc) is 2.31. The second-order valence-electron chi connectivity index (χ2n) is 2.71. The van der Waals surface area contributed by atoms with Crippen LogP contribution in [0.25, 0.3) is 0 Å². The van der Waals surface area contributed by atoms with Gasteiger partial charge in [0.15, 0.2) is 0 Å². The van der Waals surface area contributed by atoms with Gasteiger partial charge in [-0.25, -0.2) is 0 Å². The predicted molar refractivity (Wildman–Crippen MR) is 55.5 cm³/mol. The number of hydrogen-bond donors (Lipinski definition) is 2. The molecule has 0 amide bonds.